The highest BCUT2D eigenvalue weighted by Crippen LogP contribution is 2.57. The molecule has 0 saturated heterocycles. The molecule has 0 bridgehead atoms. The maximum Gasteiger partial charge on any atom is 0.338 e. The SMILES string of the molecule is O=C(O[C@@H]1Cc2ccccc2O[C@@H]1C1=CC(=O)C2(O)C(=O)c3c(cc(O)c(O)c3O)C12)c1cc(O)c(O)c(O)c1. The molecule has 4 atom stereocenters. The molecule has 6 rings (SSSR count). The highest BCUT2D eigenvalue weighted by molar-refractivity contribution is 6.28. The Morgan fingerprint density at radius 3 is 2.25 bits per heavy atom. The van der Waals surface area contributed by atoms with E-state index < -0.39 is 81.3 Å². The van der Waals surface area contributed by atoms with E-state index >= 15 is 0 Å². The Hall–Kier alpha value is -5.23. The monoisotopic (exact) mass is 548 g/mol. The van der Waals surface area contributed by atoms with Crippen molar-refractivity contribution in [2.24, 2.45) is 0 Å². The average Bonchev–Trinajstić information content (AvgIpc) is 3.32. The van der Waals surface area contributed by atoms with E-state index in [2.05, 4.69) is 0 Å². The maximum atomic E-state index is 13.2. The number of esters is 1. The highest BCUT2D eigenvalue weighted by atomic mass is 16.6. The molecule has 2 aliphatic carbocycles. The largest absolute Gasteiger partial charge is 0.504 e. The second-order valence-corrected chi connectivity index (χ2v) is 9.75. The van der Waals surface area contributed by atoms with Gasteiger partial charge in [0, 0.05) is 6.42 Å². The first kappa shape index (κ1) is 25.1. The molecule has 0 saturated carbocycles. The summed E-state index contributed by atoms with van der Waals surface area (Å²) in [6, 6.07) is 9.46. The van der Waals surface area contributed by atoms with Gasteiger partial charge in [-0.1, -0.05) is 18.2 Å². The number of hydrogen-bond acceptors (Lipinski definition) is 12. The number of Topliss-reactive ketones (excluding diaryl/α,β-unsaturated/α-hetero) is 1. The van der Waals surface area contributed by atoms with Gasteiger partial charge in [-0.05, 0) is 47.0 Å². The van der Waals surface area contributed by atoms with Gasteiger partial charge in [-0.3, -0.25) is 9.59 Å². The zero-order valence-corrected chi connectivity index (χ0v) is 20.2. The van der Waals surface area contributed by atoms with E-state index in [0.29, 0.717) is 11.3 Å². The number of ether oxygens (including phenoxy) is 2. The summed E-state index contributed by atoms with van der Waals surface area (Å²) in [5.41, 5.74) is -3.08. The van der Waals surface area contributed by atoms with Crippen LogP contribution < -0.4 is 4.74 Å². The molecule has 3 aliphatic rings. The van der Waals surface area contributed by atoms with E-state index in [4.69, 9.17) is 9.47 Å². The summed E-state index contributed by atoms with van der Waals surface area (Å²) in [5, 5.41) is 71.1. The van der Waals surface area contributed by atoms with Crippen LogP contribution >= 0.6 is 0 Å². The molecule has 2 unspecified atom stereocenters. The van der Waals surface area contributed by atoms with Crippen molar-refractivity contribution >= 4 is 17.5 Å². The number of fused-ring (bicyclic) bond motifs is 4. The summed E-state index contributed by atoms with van der Waals surface area (Å²) >= 11 is 0. The van der Waals surface area contributed by atoms with Gasteiger partial charge in [-0.25, -0.2) is 4.79 Å². The smallest absolute Gasteiger partial charge is 0.338 e. The van der Waals surface area contributed by atoms with Crippen molar-refractivity contribution in [2.75, 3.05) is 0 Å². The van der Waals surface area contributed by atoms with Crippen LogP contribution in [0.25, 0.3) is 0 Å². The second kappa shape index (κ2) is 8.38. The molecular formula is C28H20O12. The van der Waals surface area contributed by atoms with Gasteiger partial charge in [0.1, 0.15) is 11.9 Å². The molecule has 0 spiro atoms. The Morgan fingerprint density at radius 1 is 0.900 bits per heavy atom. The van der Waals surface area contributed by atoms with Crippen LogP contribution in [-0.4, -0.2) is 71.1 Å². The first-order valence-corrected chi connectivity index (χ1v) is 11.9. The summed E-state index contributed by atoms with van der Waals surface area (Å²) < 4.78 is 11.8. The molecule has 204 valence electrons. The number of aromatic hydroxyl groups is 6. The number of aliphatic hydroxyl groups is 1. The predicted molar refractivity (Wildman–Crippen MR) is 132 cm³/mol. The second-order valence-electron chi connectivity index (χ2n) is 9.75. The Morgan fingerprint density at radius 2 is 1.55 bits per heavy atom. The number of carbonyl (C=O) groups is 3. The van der Waals surface area contributed by atoms with E-state index in [9.17, 15) is 50.1 Å². The van der Waals surface area contributed by atoms with Crippen LogP contribution in [0, 0.1) is 0 Å². The zero-order chi connectivity index (χ0) is 28.7. The number of rotatable bonds is 3. The normalized spacial score (nSPS) is 24.5. The van der Waals surface area contributed by atoms with Crippen LogP contribution in [0.1, 0.15) is 37.8 Å². The first-order chi connectivity index (χ1) is 18.9. The lowest BCUT2D eigenvalue weighted by atomic mass is 9.81. The molecule has 3 aromatic rings. The van der Waals surface area contributed by atoms with Crippen LogP contribution in [0.15, 0.2) is 54.1 Å². The summed E-state index contributed by atoms with van der Waals surface area (Å²) in [6.07, 6.45) is -1.41. The topological polar surface area (TPSA) is 211 Å². The van der Waals surface area contributed by atoms with Crippen LogP contribution in [0.3, 0.4) is 0 Å². The van der Waals surface area contributed by atoms with Crippen molar-refractivity contribution in [2.45, 2.75) is 30.1 Å². The number of carbonyl (C=O) groups excluding carboxylic acids is 3. The van der Waals surface area contributed by atoms with Crippen molar-refractivity contribution in [1.82, 2.24) is 0 Å². The molecule has 12 nitrogen and oxygen atoms in total. The summed E-state index contributed by atoms with van der Waals surface area (Å²) in [5.74, 6) is -9.52. The molecular weight excluding hydrogens is 528 g/mol. The Bertz CT molecular complexity index is 1670. The lowest BCUT2D eigenvalue weighted by Crippen LogP contribution is -2.47. The molecule has 40 heavy (non-hydrogen) atoms. The van der Waals surface area contributed by atoms with Gasteiger partial charge < -0.3 is 45.2 Å². The fourth-order valence-electron chi connectivity index (χ4n) is 5.58. The van der Waals surface area contributed by atoms with Crippen molar-refractivity contribution < 1.29 is 59.6 Å². The van der Waals surface area contributed by atoms with Gasteiger partial charge in [0.2, 0.25) is 17.1 Å². The zero-order valence-electron chi connectivity index (χ0n) is 20.2. The highest BCUT2D eigenvalue weighted by Gasteiger charge is 2.64. The van der Waals surface area contributed by atoms with Crippen molar-refractivity contribution in [3.63, 3.8) is 0 Å². The number of phenols is 6. The van der Waals surface area contributed by atoms with Crippen molar-refractivity contribution in [3.05, 3.63) is 76.4 Å². The minimum absolute atomic E-state index is 0.00722. The van der Waals surface area contributed by atoms with Crippen molar-refractivity contribution in [1.29, 1.82) is 0 Å². The van der Waals surface area contributed by atoms with Gasteiger partial charge >= 0.3 is 5.97 Å². The van der Waals surface area contributed by atoms with Gasteiger partial charge in [-0.2, -0.15) is 0 Å². The van der Waals surface area contributed by atoms with Crippen LogP contribution in [0.4, 0.5) is 0 Å². The Balaban J connectivity index is 1.44. The van der Waals surface area contributed by atoms with Crippen LogP contribution in [0.2, 0.25) is 0 Å². The number of para-hydroxylation sites is 1. The van der Waals surface area contributed by atoms with Gasteiger partial charge in [-0.15, -0.1) is 0 Å². The standard InChI is InChI=1S/C28H20O12/c29-14-5-11(6-15(30)22(14)33)27(37)40-18-7-10-3-1-2-4-17(10)39-25(18)13-9-19(32)28(38)21(13)12-8-16(31)23(34)24(35)20(12)26(28)36/h1-6,8-9,18,21,25,29-31,33-35,38H,7H2/t18-,21?,25-,28?/m1/s1. The molecule has 0 amide bonds. The molecule has 7 N–H and O–H groups in total. The van der Waals surface area contributed by atoms with E-state index in [1.807, 2.05) is 0 Å². The molecule has 0 fully saturated rings. The third-order valence-electron chi connectivity index (χ3n) is 7.47. The van der Waals surface area contributed by atoms with Gasteiger partial charge in [0.25, 0.3) is 0 Å². The quantitative estimate of drug-likeness (QED) is 0.142. The predicted octanol–water partition coefficient (Wildman–Crippen LogP) is 1.67. The fourth-order valence-corrected chi connectivity index (χ4v) is 5.58. The van der Waals surface area contributed by atoms with E-state index in [1.54, 1.807) is 24.3 Å². The summed E-state index contributed by atoms with van der Waals surface area (Å²) in [6.45, 7) is 0. The minimum atomic E-state index is -2.71. The first-order valence-electron chi connectivity index (χ1n) is 11.9. The number of benzene rings is 3. The van der Waals surface area contributed by atoms with Crippen LogP contribution in [-0.2, 0) is 16.0 Å². The summed E-state index contributed by atoms with van der Waals surface area (Å²) in [7, 11) is 0. The fraction of sp³-hybridized carbons (Fsp3) is 0.179. The van der Waals surface area contributed by atoms with E-state index in [0.717, 1.165) is 24.3 Å². The molecule has 0 radical (unpaired) electrons. The van der Waals surface area contributed by atoms with E-state index in [-0.39, 0.29) is 23.1 Å². The average molecular weight is 548 g/mol. The lowest BCUT2D eigenvalue weighted by Gasteiger charge is -2.36. The molecule has 12 heteroatoms. The number of phenolic OH excluding ortho intramolecular Hbond substituents is 6. The van der Waals surface area contributed by atoms with Gasteiger partial charge in [0.05, 0.1) is 17.0 Å². The maximum absolute atomic E-state index is 13.2. The third kappa shape index (κ3) is 3.32. The van der Waals surface area contributed by atoms with E-state index in [1.165, 1.54) is 0 Å². The lowest BCUT2D eigenvalue weighted by molar-refractivity contribution is -0.127. The van der Waals surface area contributed by atoms with Crippen LogP contribution in [0.5, 0.6) is 40.2 Å². The summed E-state index contributed by atoms with van der Waals surface area (Å²) in [4.78, 5) is 39.4. The molecule has 3 aromatic carbocycles. The van der Waals surface area contributed by atoms with Crippen molar-refractivity contribution in [3.8, 4) is 40.2 Å². The molecule has 0 aromatic heterocycles. The molecule has 1 heterocycles. The minimum Gasteiger partial charge on any atom is -0.504 e. The number of hydrogen-bond donors (Lipinski definition) is 7. The Kier molecular flexibility index (Phi) is 5.25. The van der Waals surface area contributed by atoms with Gasteiger partial charge in [0.15, 0.2) is 40.6 Å². The Labute approximate surface area is 224 Å². The third-order valence-corrected chi connectivity index (χ3v) is 7.47. The number of ketones is 2. The molecule has 1 aliphatic heterocycles.